The van der Waals surface area contributed by atoms with Crippen LogP contribution in [0.15, 0.2) is 12.1 Å². The van der Waals surface area contributed by atoms with E-state index >= 15 is 0 Å². The zero-order valence-electron chi connectivity index (χ0n) is 11.3. The van der Waals surface area contributed by atoms with Crippen molar-refractivity contribution in [2.45, 2.75) is 18.8 Å². The molecule has 4 nitrogen and oxygen atoms in total. The number of hydrogen-bond acceptors (Lipinski definition) is 4. The molecule has 1 heterocycles. The van der Waals surface area contributed by atoms with Gasteiger partial charge < -0.3 is 14.4 Å². The van der Waals surface area contributed by atoms with E-state index in [1.165, 1.54) is 7.11 Å². The van der Waals surface area contributed by atoms with Gasteiger partial charge in [0.05, 0.1) is 13.7 Å². The number of methoxy groups -OCH3 is 1. The number of nitrogens with zero attached hydrogens (tertiary/aromatic N) is 2. The van der Waals surface area contributed by atoms with E-state index in [9.17, 15) is 8.78 Å². The molecule has 6 heteroatoms. The number of pyridine rings is 1. The lowest BCUT2D eigenvalue weighted by Gasteiger charge is -2.34. The maximum Gasteiger partial charge on any atom is 0.258 e. The van der Waals surface area contributed by atoms with Crippen LogP contribution in [0.2, 0.25) is 0 Å². The Morgan fingerprint density at radius 2 is 2.05 bits per heavy atom. The van der Waals surface area contributed by atoms with Gasteiger partial charge in [-0.2, -0.15) is 4.98 Å². The van der Waals surface area contributed by atoms with Crippen molar-refractivity contribution in [2.75, 3.05) is 32.7 Å². The summed E-state index contributed by atoms with van der Waals surface area (Å²) in [4.78, 5) is 6.12. The molecular formula is C13H18F2N2O2. The van der Waals surface area contributed by atoms with Crippen LogP contribution in [0.4, 0.5) is 14.6 Å². The van der Waals surface area contributed by atoms with E-state index in [1.54, 1.807) is 12.1 Å². The van der Waals surface area contributed by atoms with E-state index in [0.29, 0.717) is 11.6 Å². The van der Waals surface area contributed by atoms with Crippen molar-refractivity contribution in [1.29, 1.82) is 0 Å². The summed E-state index contributed by atoms with van der Waals surface area (Å²) < 4.78 is 36.1. The molecular weight excluding hydrogens is 254 g/mol. The fourth-order valence-corrected chi connectivity index (χ4v) is 2.03. The van der Waals surface area contributed by atoms with E-state index in [-0.39, 0.29) is 25.4 Å². The first-order valence-electron chi connectivity index (χ1n) is 6.14. The molecule has 0 bridgehead atoms. The number of anilines is 1. The van der Waals surface area contributed by atoms with E-state index in [4.69, 9.17) is 9.47 Å². The molecule has 0 spiro atoms. The second kappa shape index (κ2) is 5.19. The molecule has 1 aliphatic carbocycles. The van der Waals surface area contributed by atoms with Crippen molar-refractivity contribution in [3.63, 3.8) is 0 Å². The Balaban J connectivity index is 1.96. The summed E-state index contributed by atoms with van der Waals surface area (Å²) in [5.41, 5.74) is 0. The van der Waals surface area contributed by atoms with Crippen LogP contribution in [0.1, 0.15) is 12.8 Å². The molecule has 0 aliphatic heterocycles. The molecule has 0 atom stereocenters. The third-order valence-corrected chi connectivity index (χ3v) is 3.11. The van der Waals surface area contributed by atoms with E-state index < -0.39 is 5.92 Å². The molecule has 0 N–H and O–H groups in total. The zero-order valence-corrected chi connectivity index (χ0v) is 11.3. The topological polar surface area (TPSA) is 34.6 Å². The second-order valence-electron chi connectivity index (χ2n) is 5.01. The predicted molar refractivity (Wildman–Crippen MR) is 68.3 cm³/mol. The largest absolute Gasteiger partial charge is 0.488 e. The summed E-state index contributed by atoms with van der Waals surface area (Å²) in [6.07, 6.45) is -0.197. The van der Waals surface area contributed by atoms with Crippen LogP contribution in [0.25, 0.3) is 0 Å². The molecule has 0 saturated heterocycles. The van der Waals surface area contributed by atoms with Crippen molar-refractivity contribution < 1.29 is 18.3 Å². The van der Waals surface area contributed by atoms with Gasteiger partial charge in [0.1, 0.15) is 5.82 Å². The van der Waals surface area contributed by atoms with Gasteiger partial charge >= 0.3 is 0 Å². The lowest BCUT2D eigenvalue weighted by Crippen LogP contribution is -2.38. The maximum atomic E-state index is 12.7. The monoisotopic (exact) mass is 272 g/mol. The molecule has 19 heavy (non-hydrogen) atoms. The molecule has 1 fully saturated rings. The van der Waals surface area contributed by atoms with Gasteiger partial charge in [0.2, 0.25) is 5.92 Å². The lowest BCUT2D eigenvalue weighted by molar-refractivity contribution is -0.119. The molecule has 106 valence electrons. The molecule has 0 aromatic carbocycles. The Labute approximate surface area is 111 Å². The van der Waals surface area contributed by atoms with Crippen LogP contribution in [0.3, 0.4) is 0 Å². The first kappa shape index (κ1) is 13.8. The van der Waals surface area contributed by atoms with Crippen LogP contribution in [0, 0.1) is 5.92 Å². The minimum atomic E-state index is -2.51. The Hall–Kier alpha value is -1.59. The highest BCUT2D eigenvalue weighted by atomic mass is 19.3. The number of alkyl halides is 2. The third kappa shape index (κ3) is 3.24. The van der Waals surface area contributed by atoms with Crippen molar-refractivity contribution >= 4 is 5.82 Å². The number of rotatable bonds is 5. The molecule has 1 aliphatic rings. The fourth-order valence-electron chi connectivity index (χ4n) is 2.03. The second-order valence-corrected chi connectivity index (χ2v) is 5.01. The quantitative estimate of drug-likeness (QED) is 0.825. The first-order chi connectivity index (χ1) is 8.91. The minimum absolute atomic E-state index is 0.0896. The average molecular weight is 272 g/mol. The fraction of sp³-hybridized carbons (Fsp3) is 0.615. The highest BCUT2D eigenvalue weighted by Crippen LogP contribution is 2.42. The van der Waals surface area contributed by atoms with Crippen LogP contribution in [-0.2, 0) is 0 Å². The Morgan fingerprint density at radius 3 is 2.58 bits per heavy atom. The normalized spacial score (nSPS) is 17.7. The van der Waals surface area contributed by atoms with Crippen molar-refractivity contribution in [2.24, 2.45) is 5.92 Å². The van der Waals surface area contributed by atoms with Crippen molar-refractivity contribution in [3.8, 4) is 11.6 Å². The summed E-state index contributed by atoms with van der Waals surface area (Å²) in [7, 11) is 5.25. The summed E-state index contributed by atoms with van der Waals surface area (Å²) >= 11 is 0. The van der Waals surface area contributed by atoms with Gasteiger partial charge in [-0.15, -0.1) is 0 Å². The predicted octanol–water partition coefficient (Wildman–Crippen LogP) is 2.58. The van der Waals surface area contributed by atoms with Crippen molar-refractivity contribution in [1.82, 2.24) is 4.98 Å². The minimum Gasteiger partial charge on any atom is -0.488 e. The van der Waals surface area contributed by atoms with Gasteiger partial charge in [-0.3, -0.25) is 0 Å². The van der Waals surface area contributed by atoms with Gasteiger partial charge in [-0.05, 0) is 12.1 Å². The zero-order chi connectivity index (χ0) is 14.0. The number of aromatic nitrogens is 1. The molecule has 1 saturated carbocycles. The van der Waals surface area contributed by atoms with Gasteiger partial charge in [0.15, 0.2) is 5.75 Å². The smallest absolute Gasteiger partial charge is 0.258 e. The average Bonchev–Trinajstić information content (AvgIpc) is 2.33. The highest BCUT2D eigenvalue weighted by Gasteiger charge is 2.45. The standard InChI is InChI=1S/C13H18F2N2O2/c1-17(2)11-5-4-10(12(16-11)18-3)19-8-9-6-13(14,15)7-9/h4-5,9H,6-8H2,1-3H3. The molecule has 0 unspecified atom stereocenters. The third-order valence-electron chi connectivity index (χ3n) is 3.11. The number of ether oxygens (including phenoxy) is 2. The van der Waals surface area contributed by atoms with Crippen LogP contribution in [0.5, 0.6) is 11.6 Å². The van der Waals surface area contributed by atoms with Gasteiger partial charge in [0, 0.05) is 32.9 Å². The first-order valence-corrected chi connectivity index (χ1v) is 6.14. The molecule has 0 amide bonds. The molecule has 0 radical (unpaired) electrons. The van der Waals surface area contributed by atoms with Gasteiger partial charge in [0.25, 0.3) is 5.88 Å². The number of hydrogen-bond donors (Lipinski definition) is 0. The molecule has 1 aromatic rings. The van der Waals surface area contributed by atoms with Crippen LogP contribution < -0.4 is 14.4 Å². The lowest BCUT2D eigenvalue weighted by atomic mass is 9.82. The Kier molecular flexibility index (Phi) is 3.78. The highest BCUT2D eigenvalue weighted by molar-refractivity contribution is 5.45. The van der Waals surface area contributed by atoms with E-state index in [2.05, 4.69) is 4.98 Å². The summed E-state index contributed by atoms with van der Waals surface area (Å²) in [5.74, 6) is -0.987. The van der Waals surface area contributed by atoms with Crippen molar-refractivity contribution in [3.05, 3.63) is 12.1 Å². The van der Waals surface area contributed by atoms with E-state index in [1.807, 2.05) is 19.0 Å². The molecule has 2 rings (SSSR count). The maximum absolute atomic E-state index is 12.7. The summed E-state index contributed by atoms with van der Waals surface area (Å²) in [6.45, 7) is 0.273. The van der Waals surface area contributed by atoms with Crippen LogP contribution >= 0.6 is 0 Å². The number of halogens is 2. The van der Waals surface area contributed by atoms with Gasteiger partial charge in [-0.1, -0.05) is 0 Å². The molecule has 1 aromatic heterocycles. The summed E-state index contributed by atoms with van der Waals surface area (Å²) in [5, 5.41) is 0. The Morgan fingerprint density at radius 1 is 1.37 bits per heavy atom. The van der Waals surface area contributed by atoms with Gasteiger partial charge in [-0.25, -0.2) is 8.78 Å². The summed E-state index contributed by atoms with van der Waals surface area (Å²) in [6, 6.07) is 3.55. The van der Waals surface area contributed by atoms with Crippen LogP contribution in [-0.4, -0.2) is 38.7 Å². The SMILES string of the molecule is COc1nc(N(C)C)ccc1OCC1CC(F)(F)C1. The van der Waals surface area contributed by atoms with E-state index in [0.717, 1.165) is 5.82 Å². The Bertz CT molecular complexity index is 444.